The molecule has 6 heteroatoms. The van der Waals surface area contributed by atoms with Gasteiger partial charge in [0.1, 0.15) is 24.3 Å². The van der Waals surface area contributed by atoms with Crippen LogP contribution in [0.3, 0.4) is 0 Å². The van der Waals surface area contributed by atoms with E-state index in [9.17, 15) is 9.90 Å². The zero-order valence-electron chi connectivity index (χ0n) is 18.7. The van der Waals surface area contributed by atoms with Gasteiger partial charge in [0.25, 0.3) is 0 Å². The van der Waals surface area contributed by atoms with E-state index in [0.717, 1.165) is 28.2 Å². The van der Waals surface area contributed by atoms with Crippen LogP contribution in [0.25, 0.3) is 11.0 Å². The van der Waals surface area contributed by atoms with E-state index < -0.39 is 6.10 Å². The minimum absolute atomic E-state index is 0.00402. The third-order valence-electron chi connectivity index (χ3n) is 5.84. The van der Waals surface area contributed by atoms with Gasteiger partial charge in [-0.25, -0.2) is 4.98 Å². The number of para-hydroxylation sites is 2. The summed E-state index contributed by atoms with van der Waals surface area (Å²) >= 11 is 0. The third kappa shape index (κ3) is 4.59. The number of likely N-dealkylation sites (tertiary alicyclic amines) is 1. The molecular weight excluding hydrogens is 390 g/mol. The molecule has 1 aliphatic heterocycles. The molecule has 0 saturated carbocycles. The number of hydrogen-bond donors (Lipinski definition) is 1. The number of ether oxygens (including phenoxy) is 1. The highest BCUT2D eigenvalue weighted by Crippen LogP contribution is 2.34. The fourth-order valence-electron chi connectivity index (χ4n) is 4.22. The van der Waals surface area contributed by atoms with Gasteiger partial charge in [0.15, 0.2) is 0 Å². The zero-order valence-corrected chi connectivity index (χ0v) is 18.7. The second-order valence-corrected chi connectivity index (χ2v) is 9.42. The Hall–Kier alpha value is -2.86. The standard InChI is InChI=1S/C25H31N3O3/c1-17-9-11-20(12-10-17)31-16-19(29)15-27-22-8-6-5-7-21(22)26-24(27)18-13-23(30)28(14-18)25(2,3)4/h5-12,18-19,29H,13-16H2,1-4H3/t18-,19-/m0/s1. The maximum atomic E-state index is 12.7. The van der Waals surface area contributed by atoms with E-state index in [1.54, 1.807) is 0 Å². The molecule has 1 aliphatic rings. The quantitative estimate of drug-likeness (QED) is 0.656. The molecule has 0 aliphatic carbocycles. The van der Waals surface area contributed by atoms with E-state index >= 15 is 0 Å². The molecule has 0 spiro atoms. The minimum Gasteiger partial charge on any atom is -0.491 e. The normalized spacial score (nSPS) is 18.0. The van der Waals surface area contributed by atoms with E-state index in [-0.39, 0.29) is 24.0 Å². The number of aromatic nitrogens is 2. The van der Waals surface area contributed by atoms with Crippen LogP contribution in [0, 0.1) is 6.92 Å². The highest BCUT2D eigenvalue weighted by atomic mass is 16.5. The first-order valence-corrected chi connectivity index (χ1v) is 10.9. The van der Waals surface area contributed by atoms with Gasteiger partial charge in [-0.05, 0) is 52.0 Å². The number of aliphatic hydroxyl groups is 1. The van der Waals surface area contributed by atoms with Crippen LogP contribution in [0.1, 0.15) is 44.5 Å². The summed E-state index contributed by atoms with van der Waals surface area (Å²) in [5.41, 5.74) is 2.79. The second-order valence-electron chi connectivity index (χ2n) is 9.42. The van der Waals surface area contributed by atoms with Gasteiger partial charge < -0.3 is 19.3 Å². The summed E-state index contributed by atoms with van der Waals surface area (Å²) in [5, 5.41) is 10.7. The summed E-state index contributed by atoms with van der Waals surface area (Å²) in [6.45, 7) is 9.39. The van der Waals surface area contributed by atoms with Gasteiger partial charge in [-0.2, -0.15) is 0 Å². The Labute approximate surface area is 183 Å². The molecule has 3 aromatic rings. The molecule has 1 fully saturated rings. The summed E-state index contributed by atoms with van der Waals surface area (Å²) < 4.78 is 7.84. The number of hydrogen-bond acceptors (Lipinski definition) is 4. The molecule has 4 rings (SSSR count). The summed E-state index contributed by atoms with van der Waals surface area (Å²) in [7, 11) is 0. The first kappa shape index (κ1) is 21.4. The number of aryl methyl sites for hydroxylation is 1. The Balaban J connectivity index is 1.55. The summed E-state index contributed by atoms with van der Waals surface area (Å²) in [5.74, 6) is 1.75. The molecule has 0 bridgehead atoms. The van der Waals surface area contributed by atoms with Gasteiger partial charge in [0, 0.05) is 24.4 Å². The molecule has 2 aromatic carbocycles. The van der Waals surface area contributed by atoms with Crippen LogP contribution >= 0.6 is 0 Å². The third-order valence-corrected chi connectivity index (χ3v) is 5.84. The van der Waals surface area contributed by atoms with Gasteiger partial charge in [0.2, 0.25) is 5.91 Å². The molecule has 0 radical (unpaired) electrons. The number of carbonyl (C=O) groups excluding carboxylic acids is 1. The molecule has 164 valence electrons. The Bertz CT molecular complexity index is 1070. The number of amides is 1. The summed E-state index contributed by atoms with van der Waals surface area (Å²) in [6, 6.07) is 15.7. The highest BCUT2D eigenvalue weighted by molar-refractivity contribution is 5.81. The fourth-order valence-corrected chi connectivity index (χ4v) is 4.22. The van der Waals surface area contributed by atoms with E-state index in [0.29, 0.717) is 19.5 Å². The van der Waals surface area contributed by atoms with Crippen molar-refractivity contribution in [2.75, 3.05) is 13.2 Å². The van der Waals surface area contributed by atoms with Crippen LogP contribution < -0.4 is 4.74 Å². The number of fused-ring (bicyclic) bond motifs is 1. The predicted molar refractivity (Wildman–Crippen MR) is 121 cm³/mol. The maximum absolute atomic E-state index is 12.7. The Morgan fingerprint density at radius 1 is 1.16 bits per heavy atom. The van der Waals surface area contributed by atoms with Crippen molar-refractivity contribution in [3.05, 3.63) is 59.9 Å². The van der Waals surface area contributed by atoms with Crippen molar-refractivity contribution in [1.82, 2.24) is 14.5 Å². The van der Waals surface area contributed by atoms with Crippen molar-refractivity contribution in [2.45, 2.75) is 58.2 Å². The van der Waals surface area contributed by atoms with Crippen LogP contribution in [0.15, 0.2) is 48.5 Å². The maximum Gasteiger partial charge on any atom is 0.223 e. The minimum atomic E-state index is -0.700. The van der Waals surface area contributed by atoms with Crippen LogP contribution in [0.2, 0.25) is 0 Å². The lowest BCUT2D eigenvalue weighted by atomic mass is 10.1. The largest absolute Gasteiger partial charge is 0.491 e. The highest BCUT2D eigenvalue weighted by Gasteiger charge is 2.39. The van der Waals surface area contributed by atoms with Crippen molar-refractivity contribution in [3.63, 3.8) is 0 Å². The van der Waals surface area contributed by atoms with Crippen LogP contribution in [-0.2, 0) is 11.3 Å². The molecule has 2 atom stereocenters. The monoisotopic (exact) mass is 421 g/mol. The van der Waals surface area contributed by atoms with Gasteiger partial charge in [-0.3, -0.25) is 4.79 Å². The zero-order chi connectivity index (χ0) is 22.2. The average Bonchev–Trinajstić information content (AvgIpc) is 3.28. The molecule has 2 heterocycles. The lowest BCUT2D eigenvalue weighted by molar-refractivity contribution is -0.131. The Morgan fingerprint density at radius 2 is 1.87 bits per heavy atom. The van der Waals surface area contributed by atoms with Crippen molar-refractivity contribution >= 4 is 16.9 Å². The number of carbonyl (C=O) groups is 1. The number of imidazole rings is 1. The van der Waals surface area contributed by atoms with Crippen molar-refractivity contribution in [3.8, 4) is 5.75 Å². The Kier molecular flexibility index (Phi) is 5.75. The number of aliphatic hydroxyl groups excluding tert-OH is 1. The van der Waals surface area contributed by atoms with E-state index in [2.05, 4.69) is 25.3 Å². The van der Waals surface area contributed by atoms with Gasteiger partial charge in [-0.15, -0.1) is 0 Å². The average molecular weight is 422 g/mol. The lowest BCUT2D eigenvalue weighted by Gasteiger charge is -2.32. The van der Waals surface area contributed by atoms with Gasteiger partial charge >= 0.3 is 0 Å². The van der Waals surface area contributed by atoms with Crippen molar-refractivity contribution in [2.24, 2.45) is 0 Å². The topological polar surface area (TPSA) is 67.6 Å². The molecule has 1 N–H and O–H groups in total. The van der Waals surface area contributed by atoms with E-state index in [1.807, 2.05) is 60.4 Å². The molecule has 0 unspecified atom stereocenters. The van der Waals surface area contributed by atoms with E-state index in [1.165, 1.54) is 0 Å². The molecule has 1 saturated heterocycles. The molecule has 6 nitrogen and oxygen atoms in total. The lowest BCUT2D eigenvalue weighted by Crippen LogP contribution is -2.42. The van der Waals surface area contributed by atoms with Crippen molar-refractivity contribution < 1.29 is 14.6 Å². The summed E-state index contributed by atoms with van der Waals surface area (Å²) in [4.78, 5) is 19.4. The van der Waals surface area contributed by atoms with Crippen LogP contribution in [0.4, 0.5) is 0 Å². The molecule has 1 amide bonds. The molecule has 1 aromatic heterocycles. The number of rotatable bonds is 6. The van der Waals surface area contributed by atoms with Crippen LogP contribution in [-0.4, -0.2) is 50.3 Å². The van der Waals surface area contributed by atoms with Gasteiger partial charge in [0.05, 0.1) is 17.6 Å². The summed E-state index contributed by atoms with van der Waals surface area (Å²) in [6.07, 6.45) is -0.259. The SMILES string of the molecule is Cc1ccc(OC[C@@H](O)Cn2c([C@H]3CC(=O)N(C(C)(C)C)C3)nc3ccccc32)cc1. The van der Waals surface area contributed by atoms with Gasteiger partial charge in [-0.1, -0.05) is 29.8 Å². The smallest absolute Gasteiger partial charge is 0.223 e. The first-order valence-electron chi connectivity index (χ1n) is 10.9. The second kappa shape index (κ2) is 8.35. The fraction of sp³-hybridized carbons (Fsp3) is 0.440. The first-order chi connectivity index (χ1) is 14.7. The molecule has 31 heavy (non-hydrogen) atoms. The Morgan fingerprint density at radius 3 is 2.55 bits per heavy atom. The number of nitrogens with zero attached hydrogens (tertiary/aromatic N) is 3. The van der Waals surface area contributed by atoms with Crippen LogP contribution in [0.5, 0.6) is 5.75 Å². The predicted octanol–water partition coefficient (Wildman–Crippen LogP) is 3.90. The van der Waals surface area contributed by atoms with Crippen molar-refractivity contribution in [1.29, 1.82) is 0 Å². The number of benzene rings is 2. The van der Waals surface area contributed by atoms with E-state index in [4.69, 9.17) is 9.72 Å². The molecular formula is C25H31N3O3.